The molecule has 0 amide bonds. The minimum atomic E-state index is 0.991. The van der Waals surface area contributed by atoms with Gasteiger partial charge < -0.3 is 0 Å². The van der Waals surface area contributed by atoms with Crippen molar-refractivity contribution < 1.29 is 0 Å². The van der Waals surface area contributed by atoms with E-state index in [1.807, 2.05) is 0 Å². The summed E-state index contributed by atoms with van der Waals surface area (Å²) in [5, 5.41) is 29.0. The topological polar surface area (TPSA) is 0 Å². The molecular formula is C66H52. The second-order valence-corrected chi connectivity index (χ2v) is 20.1. The number of hydrogen-bond donors (Lipinski definition) is 0. The van der Waals surface area contributed by atoms with Crippen molar-refractivity contribution in [3.63, 3.8) is 0 Å². The van der Waals surface area contributed by atoms with Crippen molar-refractivity contribution >= 4 is 108 Å². The first-order valence-corrected chi connectivity index (χ1v) is 25.1. The van der Waals surface area contributed by atoms with Gasteiger partial charge in [0.05, 0.1) is 0 Å². The third kappa shape index (κ3) is 3.98. The van der Waals surface area contributed by atoms with Crippen molar-refractivity contribution in [1.82, 2.24) is 0 Å². The molecule has 0 atom stereocenters. The highest BCUT2D eigenvalue weighted by Crippen LogP contribution is 2.60. The quantitative estimate of drug-likeness (QED) is 0.116. The third-order valence-electron chi connectivity index (χ3n) is 17.6. The fourth-order valence-electron chi connectivity index (χ4n) is 15.1. The Labute approximate surface area is 385 Å². The highest BCUT2D eigenvalue weighted by Gasteiger charge is 2.34. The maximum absolute atomic E-state index is 2.52. The summed E-state index contributed by atoms with van der Waals surface area (Å²) in [6.07, 6.45) is 6.11. The highest BCUT2D eigenvalue weighted by atomic mass is 14.4. The molecule has 13 aromatic carbocycles. The summed E-state index contributed by atoms with van der Waals surface area (Å²) in [7, 11) is 0. The van der Waals surface area contributed by atoms with Crippen LogP contribution < -0.4 is 0 Å². The first-order chi connectivity index (χ1) is 32.4. The van der Waals surface area contributed by atoms with Gasteiger partial charge in [-0.2, -0.15) is 0 Å². The van der Waals surface area contributed by atoms with Crippen molar-refractivity contribution in [2.45, 2.75) is 93.9 Å². The van der Waals surface area contributed by atoms with Crippen LogP contribution in [0.4, 0.5) is 0 Å². The van der Waals surface area contributed by atoms with Crippen LogP contribution in [0.5, 0.6) is 0 Å². The van der Waals surface area contributed by atoms with Crippen molar-refractivity contribution in [3.05, 3.63) is 142 Å². The molecule has 0 radical (unpaired) electrons. The SMILES string of the molecule is CCc1ccc(CC)c2c1-c1ccc3c4c(CC)c5c6ccc7c8ccc9c%10c(ccc(c%11ccc(c5c(CC)c4c4ccc-2c1c34)c6c7%11)c%108)-c1c-9c(CC)c2c(C)ccc(C)c2c1CC. The van der Waals surface area contributed by atoms with Crippen LogP contribution in [0.3, 0.4) is 0 Å². The van der Waals surface area contributed by atoms with Gasteiger partial charge in [0, 0.05) is 0 Å². The molecule has 0 bridgehead atoms. The molecule has 0 saturated heterocycles. The number of fused-ring (bicyclic) bond motifs is 15. The Morgan fingerprint density at radius 3 is 0.879 bits per heavy atom. The lowest BCUT2D eigenvalue weighted by molar-refractivity contribution is 1.11. The van der Waals surface area contributed by atoms with Crippen LogP contribution in [0, 0.1) is 13.8 Å². The number of hydrogen-bond acceptors (Lipinski definition) is 0. The summed E-state index contributed by atoms with van der Waals surface area (Å²) >= 11 is 0. The molecule has 0 spiro atoms. The largest absolute Gasteiger partial charge is 0.0613 e. The summed E-state index contributed by atoms with van der Waals surface area (Å²) in [4.78, 5) is 0. The maximum Gasteiger partial charge on any atom is -0.00137 e. The summed E-state index contributed by atoms with van der Waals surface area (Å²) in [6.45, 7) is 18.8. The van der Waals surface area contributed by atoms with Crippen molar-refractivity contribution in [3.8, 4) is 44.5 Å². The average Bonchev–Trinajstić information content (AvgIpc) is 4.08. The van der Waals surface area contributed by atoms with Crippen LogP contribution in [0.25, 0.3) is 152 Å². The van der Waals surface area contributed by atoms with Gasteiger partial charge in [-0.25, -0.2) is 0 Å². The van der Waals surface area contributed by atoms with Gasteiger partial charge in [0.1, 0.15) is 0 Å². The third-order valence-corrected chi connectivity index (χ3v) is 17.6. The second-order valence-electron chi connectivity index (χ2n) is 20.1. The molecule has 0 N–H and O–H groups in total. The van der Waals surface area contributed by atoms with E-state index in [1.54, 1.807) is 0 Å². The molecule has 0 saturated carbocycles. The van der Waals surface area contributed by atoms with Crippen molar-refractivity contribution in [1.29, 1.82) is 0 Å². The fraction of sp³-hybridized carbons (Fsp3) is 0.212. The van der Waals surface area contributed by atoms with Gasteiger partial charge in [0.25, 0.3) is 0 Å². The van der Waals surface area contributed by atoms with E-state index >= 15 is 0 Å². The van der Waals surface area contributed by atoms with E-state index in [0.29, 0.717) is 0 Å². The van der Waals surface area contributed by atoms with E-state index in [0.717, 1.165) is 38.5 Å². The molecule has 316 valence electrons. The number of benzene rings is 11. The molecule has 0 nitrogen and oxygen atoms in total. The lowest BCUT2D eigenvalue weighted by Gasteiger charge is -2.21. The summed E-state index contributed by atoms with van der Waals surface area (Å²) in [6, 6.07) is 39.5. The Kier molecular flexibility index (Phi) is 7.13. The minimum Gasteiger partial charge on any atom is -0.0613 e. The molecule has 0 aromatic heterocycles. The average molecular weight is 845 g/mol. The monoisotopic (exact) mass is 844 g/mol. The Morgan fingerprint density at radius 2 is 0.515 bits per heavy atom. The van der Waals surface area contributed by atoms with E-state index in [9.17, 15) is 0 Å². The van der Waals surface area contributed by atoms with E-state index in [1.165, 1.54) is 197 Å². The van der Waals surface area contributed by atoms with Gasteiger partial charge in [-0.15, -0.1) is 0 Å². The maximum atomic E-state index is 2.52. The van der Waals surface area contributed by atoms with E-state index in [2.05, 4.69) is 152 Å². The van der Waals surface area contributed by atoms with Gasteiger partial charge in [-0.3, -0.25) is 0 Å². The fourth-order valence-corrected chi connectivity index (χ4v) is 15.1. The molecular weight excluding hydrogens is 793 g/mol. The molecule has 0 fully saturated rings. The molecule has 2 aliphatic rings. The van der Waals surface area contributed by atoms with Crippen molar-refractivity contribution in [2.75, 3.05) is 0 Å². The van der Waals surface area contributed by atoms with Crippen LogP contribution in [0.15, 0.2) is 97.1 Å². The van der Waals surface area contributed by atoms with Crippen LogP contribution in [0.2, 0.25) is 0 Å². The first kappa shape index (κ1) is 37.5. The van der Waals surface area contributed by atoms with Crippen LogP contribution in [0.1, 0.15) is 86.1 Å². The normalized spacial score (nSPS) is 13.2. The predicted molar refractivity (Wildman–Crippen MR) is 290 cm³/mol. The van der Waals surface area contributed by atoms with Gasteiger partial charge in [-0.05, 0) is 249 Å². The highest BCUT2D eigenvalue weighted by molar-refractivity contribution is 6.47. The van der Waals surface area contributed by atoms with Crippen LogP contribution in [-0.2, 0) is 38.5 Å². The number of rotatable bonds is 6. The second kappa shape index (κ2) is 12.6. The molecule has 0 unspecified atom stereocenters. The van der Waals surface area contributed by atoms with E-state index < -0.39 is 0 Å². The Balaban J connectivity index is 1.06. The minimum absolute atomic E-state index is 0.991. The first-order valence-electron chi connectivity index (χ1n) is 25.1. The van der Waals surface area contributed by atoms with Gasteiger partial charge in [-0.1, -0.05) is 139 Å². The molecule has 2 aliphatic carbocycles. The van der Waals surface area contributed by atoms with Gasteiger partial charge in [0.2, 0.25) is 0 Å². The number of aryl methyl sites for hydroxylation is 8. The standard InChI is InChI=1S/C66H52/c1-9-33-17-18-34(10-2)54-44-28-30-50-60-38(14-6)58-48-26-22-42-40-20-24-46-56-36(12-4)52-32(8)16-15-31(7)51(52)35(11-3)55(56)45-23-19-39(61(40)64(45)46)41-21-25-47(65(48)62(41)42)57(58)37(13-5)59(60)49-29-27-43(53(33)54)63(44)66(49)50/h15-30H,9-14H2,1-8H3. The smallest absolute Gasteiger partial charge is 0.00137 e. The van der Waals surface area contributed by atoms with Gasteiger partial charge >= 0.3 is 0 Å². The zero-order valence-corrected chi connectivity index (χ0v) is 39.5. The van der Waals surface area contributed by atoms with E-state index in [-0.39, 0.29) is 0 Å². The Hall–Kier alpha value is -6.76. The van der Waals surface area contributed by atoms with Gasteiger partial charge in [0.15, 0.2) is 0 Å². The zero-order valence-electron chi connectivity index (χ0n) is 39.5. The Bertz CT molecular complexity index is 4130. The molecule has 15 rings (SSSR count). The summed E-state index contributed by atoms with van der Waals surface area (Å²) in [5.41, 5.74) is 23.5. The molecule has 0 heteroatoms. The molecule has 13 aromatic rings. The van der Waals surface area contributed by atoms with E-state index in [4.69, 9.17) is 0 Å². The zero-order chi connectivity index (χ0) is 44.3. The van der Waals surface area contributed by atoms with Crippen LogP contribution >= 0.6 is 0 Å². The predicted octanol–water partition coefficient (Wildman–Crippen LogP) is 18.8. The lowest BCUT2D eigenvalue weighted by Crippen LogP contribution is -2.00. The molecule has 0 aliphatic heterocycles. The summed E-state index contributed by atoms with van der Waals surface area (Å²) in [5.74, 6) is 0. The lowest BCUT2D eigenvalue weighted by atomic mass is 9.83. The van der Waals surface area contributed by atoms with Crippen molar-refractivity contribution in [2.24, 2.45) is 0 Å². The molecule has 66 heavy (non-hydrogen) atoms. The molecule has 0 heterocycles. The summed E-state index contributed by atoms with van der Waals surface area (Å²) < 4.78 is 0. The van der Waals surface area contributed by atoms with Crippen LogP contribution in [-0.4, -0.2) is 0 Å². The Morgan fingerprint density at radius 1 is 0.227 bits per heavy atom.